The maximum absolute atomic E-state index is 6.40. The van der Waals surface area contributed by atoms with Crippen LogP contribution in [0, 0.1) is 0 Å². The van der Waals surface area contributed by atoms with Crippen LogP contribution in [-0.4, -0.2) is 12.6 Å². The van der Waals surface area contributed by atoms with Gasteiger partial charge in [0.15, 0.2) is 0 Å². The van der Waals surface area contributed by atoms with Gasteiger partial charge >= 0.3 is 0 Å². The van der Waals surface area contributed by atoms with Gasteiger partial charge in [0.1, 0.15) is 0 Å². The molecule has 2 heteroatoms. The van der Waals surface area contributed by atoms with Crippen molar-refractivity contribution in [3.63, 3.8) is 0 Å². The minimum atomic E-state index is 0.0600. The topological polar surface area (TPSA) is 29.3 Å². The van der Waals surface area contributed by atoms with E-state index in [1.165, 1.54) is 29.7 Å². The molecule has 104 valence electrons. The Morgan fingerprint density at radius 1 is 1.10 bits per heavy atom. The standard InChI is InChI=1S/C18H22N2/c1-14-11-12-16-9-5-6-10-18(16)20(14)13-17(19)15-7-3-2-4-8-15/h2-10,14,17H,11-13,19H2,1H3. The summed E-state index contributed by atoms with van der Waals surface area (Å²) in [6.07, 6.45) is 2.38. The molecule has 3 rings (SSSR count). The van der Waals surface area contributed by atoms with E-state index in [1.54, 1.807) is 0 Å². The number of anilines is 1. The van der Waals surface area contributed by atoms with Crippen molar-refractivity contribution < 1.29 is 0 Å². The Morgan fingerprint density at radius 3 is 2.60 bits per heavy atom. The zero-order chi connectivity index (χ0) is 13.9. The van der Waals surface area contributed by atoms with E-state index in [0.29, 0.717) is 6.04 Å². The molecule has 2 N–H and O–H groups in total. The molecule has 1 heterocycles. The number of nitrogens with two attached hydrogens (primary N) is 1. The Kier molecular flexibility index (Phi) is 3.75. The highest BCUT2D eigenvalue weighted by atomic mass is 15.2. The van der Waals surface area contributed by atoms with Gasteiger partial charge in [0.25, 0.3) is 0 Å². The summed E-state index contributed by atoms with van der Waals surface area (Å²) in [4.78, 5) is 2.47. The minimum absolute atomic E-state index is 0.0600. The molecule has 1 aliphatic heterocycles. The van der Waals surface area contributed by atoms with Crippen LogP contribution < -0.4 is 10.6 Å². The van der Waals surface area contributed by atoms with Gasteiger partial charge < -0.3 is 10.6 Å². The third kappa shape index (κ3) is 2.56. The fourth-order valence-corrected chi connectivity index (χ4v) is 3.06. The molecule has 0 saturated carbocycles. The average molecular weight is 266 g/mol. The van der Waals surface area contributed by atoms with Crippen molar-refractivity contribution in [1.29, 1.82) is 0 Å². The fourth-order valence-electron chi connectivity index (χ4n) is 3.06. The number of nitrogens with zero attached hydrogens (tertiary/aromatic N) is 1. The summed E-state index contributed by atoms with van der Waals surface area (Å²) >= 11 is 0. The van der Waals surface area contributed by atoms with Gasteiger partial charge in [-0.2, -0.15) is 0 Å². The van der Waals surface area contributed by atoms with Crippen LogP contribution >= 0.6 is 0 Å². The molecule has 0 radical (unpaired) electrons. The van der Waals surface area contributed by atoms with E-state index >= 15 is 0 Å². The number of hydrogen-bond acceptors (Lipinski definition) is 2. The predicted molar refractivity (Wildman–Crippen MR) is 84.9 cm³/mol. The van der Waals surface area contributed by atoms with Crippen molar-refractivity contribution in [2.45, 2.75) is 31.8 Å². The molecule has 0 bridgehead atoms. The van der Waals surface area contributed by atoms with Gasteiger partial charge in [-0.15, -0.1) is 0 Å². The van der Waals surface area contributed by atoms with E-state index in [9.17, 15) is 0 Å². The highest BCUT2D eigenvalue weighted by Gasteiger charge is 2.24. The van der Waals surface area contributed by atoms with Crippen LogP contribution in [0.2, 0.25) is 0 Å². The monoisotopic (exact) mass is 266 g/mol. The smallest absolute Gasteiger partial charge is 0.0473 e. The molecule has 20 heavy (non-hydrogen) atoms. The number of benzene rings is 2. The Bertz CT molecular complexity index is 565. The summed E-state index contributed by atoms with van der Waals surface area (Å²) in [6, 6.07) is 19.7. The summed E-state index contributed by atoms with van der Waals surface area (Å²) < 4.78 is 0. The maximum atomic E-state index is 6.40. The SMILES string of the molecule is CC1CCc2ccccc2N1CC(N)c1ccccc1. The van der Waals surface area contributed by atoms with E-state index in [4.69, 9.17) is 5.73 Å². The van der Waals surface area contributed by atoms with Crippen LogP contribution in [0.15, 0.2) is 54.6 Å². The summed E-state index contributed by atoms with van der Waals surface area (Å²) in [6.45, 7) is 3.18. The first-order valence-corrected chi connectivity index (χ1v) is 7.41. The van der Waals surface area contributed by atoms with Crippen LogP contribution in [0.1, 0.15) is 30.5 Å². The summed E-state index contributed by atoms with van der Waals surface area (Å²) in [5, 5.41) is 0. The molecule has 0 fully saturated rings. The summed E-state index contributed by atoms with van der Waals surface area (Å²) in [7, 11) is 0. The van der Waals surface area contributed by atoms with E-state index in [1.807, 2.05) is 6.07 Å². The molecule has 2 aromatic carbocycles. The second-order valence-electron chi connectivity index (χ2n) is 5.69. The lowest BCUT2D eigenvalue weighted by Gasteiger charge is -2.38. The van der Waals surface area contributed by atoms with E-state index < -0.39 is 0 Å². The Labute approximate surface area is 121 Å². The van der Waals surface area contributed by atoms with Crippen molar-refractivity contribution in [2.24, 2.45) is 5.73 Å². The first kappa shape index (κ1) is 13.2. The second kappa shape index (κ2) is 5.68. The molecule has 0 saturated heterocycles. The van der Waals surface area contributed by atoms with Crippen molar-refractivity contribution >= 4 is 5.69 Å². The van der Waals surface area contributed by atoms with Crippen molar-refractivity contribution in [2.75, 3.05) is 11.4 Å². The lowest BCUT2D eigenvalue weighted by molar-refractivity contribution is 0.532. The van der Waals surface area contributed by atoms with Gasteiger partial charge in [0.2, 0.25) is 0 Å². The molecule has 2 atom stereocenters. The zero-order valence-electron chi connectivity index (χ0n) is 12.0. The number of rotatable bonds is 3. The van der Waals surface area contributed by atoms with Gasteiger partial charge in [0, 0.05) is 24.3 Å². The maximum Gasteiger partial charge on any atom is 0.0473 e. The third-order valence-corrected chi connectivity index (χ3v) is 4.29. The van der Waals surface area contributed by atoms with Crippen LogP contribution in [-0.2, 0) is 6.42 Å². The molecule has 2 nitrogen and oxygen atoms in total. The minimum Gasteiger partial charge on any atom is -0.367 e. The normalized spacial score (nSPS) is 19.5. The van der Waals surface area contributed by atoms with Gasteiger partial charge in [0.05, 0.1) is 0 Å². The lowest BCUT2D eigenvalue weighted by atomic mass is 9.95. The first-order valence-electron chi connectivity index (χ1n) is 7.41. The molecule has 0 aromatic heterocycles. The number of para-hydroxylation sites is 1. The van der Waals surface area contributed by atoms with Crippen molar-refractivity contribution in [3.05, 3.63) is 65.7 Å². The van der Waals surface area contributed by atoms with Gasteiger partial charge in [-0.05, 0) is 37.0 Å². The molecule has 2 aromatic rings. The molecule has 0 spiro atoms. The second-order valence-corrected chi connectivity index (χ2v) is 5.69. The number of fused-ring (bicyclic) bond motifs is 1. The zero-order valence-corrected chi connectivity index (χ0v) is 12.0. The molecular formula is C18H22N2. The Hall–Kier alpha value is -1.80. The quantitative estimate of drug-likeness (QED) is 0.921. The van der Waals surface area contributed by atoms with E-state index in [2.05, 4.69) is 60.4 Å². The molecule has 0 aliphatic carbocycles. The predicted octanol–water partition coefficient (Wildman–Crippen LogP) is 3.53. The Balaban J connectivity index is 1.83. The van der Waals surface area contributed by atoms with E-state index in [0.717, 1.165) is 6.54 Å². The summed E-state index contributed by atoms with van der Waals surface area (Å²) in [5.74, 6) is 0. The van der Waals surface area contributed by atoms with Gasteiger partial charge in [-0.1, -0.05) is 48.5 Å². The highest BCUT2D eigenvalue weighted by molar-refractivity contribution is 5.56. The molecule has 0 amide bonds. The number of hydrogen-bond donors (Lipinski definition) is 1. The van der Waals surface area contributed by atoms with E-state index in [-0.39, 0.29) is 6.04 Å². The highest BCUT2D eigenvalue weighted by Crippen LogP contribution is 2.31. The average Bonchev–Trinajstić information content (AvgIpc) is 2.51. The van der Waals surface area contributed by atoms with Gasteiger partial charge in [-0.25, -0.2) is 0 Å². The molecule has 2 unspecified atom stereocenters. The first-order chi connectivity index (χ1) is 9.75. The lowest BCUT2D eigenvalue weighted by Crippen LogP contribution is -2.41. The molecule has 1 aliphatic rings. The largest absolute Gasteiger partial charge is 0.367 e. The van der Waals surface area contributed by atoms with Crippen LogP contribution in [0.4, 0.5) is 5.69 Å². The van der Waals surface area contributed by atoms with Crippen molar-refractivity contribution in [3.8, 4) is 0 Å². The van der Waals surface area contributed by atoms with Gasteiger partial charge in [-0.3, -0.25) is 0 Å². The number of aryl methyl sites for hydroxylation is 1. The fraction of sp³-hybridized carbons (Fsp3) is 0.333. The molecular weight excluding hydrogens is 244 g/mol. The van der Waals surface area contributed by atoms with Crippen LogP contribution in [0.3, 0.4) is 0 Å². The van der Waals surface area contributed by atoms with Crippen LogP contribution in [0.5, 0.6) is 0 Å². The summed E-state index contributed by atoms with van der Waals surface area (Å²) in [5.41, 5.74) is 10.4. The third-order valence-electron chi connectivity index (χ3n) is 4.29. The van der Waals surface area contributed by atoms with Crippen molar-refractivity contribution in [1.82, 2.24) is 0 Å². The Morgan fingerprint density at radius 2 is 1.80 bits per heavy atom. The van der Waals surface area contributed by atoms with Crippen LogP contribution in [0.25, 0.3) is 0 Å².